The van der Waals surface area contributed by atoms with Gasteiger partial charge >= 0.3 is 0 Å². The van der Waals surface area contributed by atoms with Crippen LogP contribution in [0.2, 0.25) is 0 Å². The van der Waals surface area contributed by atoms with Crippen molar-refractivity contribution in [2.45, 2.75) is 13.1 Å². The molecule has 0 aliphatic carbocycles. The molecule has 0 saturated carbocycles. The number of aromatic nitrogens is 1. The molecule has 2 aromatic carbocycles. The Bertz CT molecular complexity index is 818. The highest BCUT2D eigenvalue weighted by atomic mass is 127. The van der Waals surface area contributed by atoms with E-state index in [0.29, 0.717) is 12.4 Å². The maximum atomic E-state index is 5.57. The number of oxazole rings is 1. The fraction of sp³-hybridized carbons (Fsp3) is 0.200. The van der Waals surface area contributed by atoms with E-state index in [4.69, 9.17) is 4.42 Å². The lowest BCUT2D eigenvalue weighted by atomic mass is 10.2. The Hall–Kier alpha value is -2.35. The number of nitrogens with zero attached hydrogens (tertiary/aromatic N) is 3. The molecular weight excluding hydrogens is 439 g/mol. The number of nitrogens with one attached hydrogen (secondary N) is 1. The van der Waals surface area contributed by atoms with Crippen LogP contribution >= 0.6 is 24.0 Å². The highest BCUT2D eigenvalue weighted by Crippen LogP contribution is 2.17. The molecule has 6 heteroatoms. The summed E-state index contributed by atoms with van der Waals surface area (Å²) in [6.07, 6.45) is 1.68. The second kappa shape index (κ2) is 9.96. The fourth-order valence-corrected chi connectivity index (χ4v) is 2.59. The van der Waals surface area contributed by atoms with Crippen LogP contribution in [-0.4, -0.2) is 29.9 Å². The van der Waals surface area contributed by atoms with E-state index >= 15 is 0 Å². The maximum Gasteiger partial charge on any atom is 0.226 e. The number of guanidine groups is 1. The second-order valence-electron chi connectivity index (χ2n) is 5.75. The summed E-state index contributed by atoms with van der Waals surface area (Å²) in [5.41, 5.74) is 3.05. The summed E-state index contributed by atoms with van der Waals surface area (Å²) in [6, 6.07) is 20.2. The van der Waals surface area contributed by atoms with Crippen molar-refractivity contribution < 1.29 is 4.42 Å². The first-order valence-corrected chi connectivity index (χ1v) is 8.22. The molecule has 0 aliphatic heterocycles. The van der Waals surface area contributed by atoms with E-state index in [0.717, 1.165) is 23.8 Å². The molecule has 1 heterocycles. The van der Waals surface area contributed by atoms with Gasteiger partial charge in [0, 0.05) is 26.2 Å². The zero-order chi connectivity index (χ0) is 17.5. The summed E-state index contributed by atoms with van der Waals surface area (Å²) in [7, 11) is 3.79. The monoisotopic (exact) mass is 462 g/mol. The minimum atomic E-state index is 0. The van der Waals surface area contributed by atoms with E-state index < -0.39 is 0 Å². The van der Waals surface area contributed by atoms with E-state index in [1.165, 1.54) is 5.56 Å². The Kier molecular flexibility index (Phi) is 7.65. The van der Waals surface area contributed by atoms with Gasteiger partial charge in [-0.15, -0.1) is 24.0 Å². The van der Waals surface area contributed by atoms with Gasteiger partial charge in [-0.25, -0.2) is 4.98 Å². The number of aliphatic imine (C=N–C) groups is 1. The molecule has 0 fully saturated rings. The van der Waals surface area contributed by atoms with Gasteiger partial charge in [0.2, 0.25) is 5.89 Å². The van der Waals surface area contributed by atoms with Crippen LogP contribution in [0.5, 0.6) is 0 Å². The summed E-state index contributed by atoms with van der Waals surface area (Å²) in [6.45, 7) is 1.34. The molecule has 0 amide bonds. The van der Waals surface area contributed by atoms with Gasteiger partial charge in [0.25, 0.3) is 0 Å². The first-order valence-electron chi connectivity index (χ1n) is 8.22. The van der Waals surface area contributed by atoms with Crippen molar-refractivity contribution in [2.75, 3.05) is 14.1 Å². The molecule has 0 aliphatic rings. The first-order chi connectivity index (χ1) is 12.3. The van der Waals surface area contributed by atoms with Crippen LogP contribution < -0.4 is 5.32 Å². The van der Waals surface area contributed by atoms with E-state index in [1.54, 1.807) is 13.3 Å². The van der Waals surface area contributed by atoms with Crippen molar-refractivity contribution in [3.05, 3.63) is 78.2 Å². The molecule has 0 saturated heterocycles. The van der Waals surface area contributed by atoms with Crippen LogP contribution in [0.1, 0.15) is 11.3 Å². The molecule has 3 aromatic rings. The van der Waals surface area contributed by atoms with Gasteiger partial charge in [-0.2, -0.15) is 0 Å². The molecule has 1 aromatic heterocycles. The number of halogens is 1. The van der Waals surface area contributed by atoms with Crippen LogP contribution in [0.4, 0.5) is 0 Å². The fourth-order valence-electron chi connectivity index (χ4n) is 2.59. The summed E-state index contributed by atoms with van der Waals surface area (Å²) < 4.78 is 5.57. The van der Waals surface area contributed by atoms with Gasteiger partial charge in [0.05, 0.1) is 12.2 Å². The van der Waals surface area contributed by atoms with Crippen molar-refractivity contribution in [1.29, 1.82) is 0 Å². The van der Waals surface area contributed by atoms with Crippen molar-refractivity contribution in [3.63, 3.8) is 0 Å². The molecule has 0 bridgehead atoms. The third-order valence-corrected chi connectivity index (χ3v) is 3.84. The smallest absolute Gasteiger partial charge is 0.226 e. The molecule has 0 radical (unpaired) electrons. The van der Waals surface area contributed by atoms with E-state index in [9.17, 15) is 0 Å². The number of hydrogen-bond donors (Lipinski definition) is 1. The first kappa shape index (κ1) is 20.0. The van der Waals surface area contributed by atoms with Gasteiger partial charge < -0.3 is 14.6 Å². The quantitative estimate of drug-likeness (QED) is 0.352. The van der Waals surface area contributed by atoms with Gasteiger partial charge in [-0.1, -0.05) is 48.5 Å². The van der Waals surface area contributed by atoms with Crippen LogP contribution in [-0.2, 0) is 13.1 Å². The number of hydrogen-bond acceptors (Lipinski definition) is 3. The molecule has 0 atom stereocenters. The molecule has 3 rings (SSSR count). The third-order valence-electron chi connectivity index (χ3n) is 3.84. The zero-order valence-corrected chi connectivity index (χ0v) is 17.3. The Balaban J connectivity index is 0.00000243. The molecule has 136 valence electrons. The van der Waals surface area contributed by atoms with Crippen molar-refractivity contribution in [3.8, 4) is 11.5 Å². The van der Waals surface area contributed by atoms with Crippen LogP contribution in [0.3, 0.4) is 0 Å². The minimum absolute atomic E-state index is 0. The lowest BCUT2D eigenvalue weighted by molar-refractivity contribution is 0.476. The van der Waals surface area contributed by atoms with Gasteiger partial charge in [0.15, 0.2) is 5.96 Å². The standard InChI is InChI=1S/C20H22N4O.HI/c1-21-20(24(2)14-16-9-5-3-6-10-16)22-13-18-15-25-19(23-18)17-11-7-4-8-12-17;/h3-12,15H,13-14H2,1-2H3,(H,21,22);1H. The maximum absolute atomic E-state index is 5.57. The van der Waals surface area contributed by atoms with Gasteiger partial charge in [-0.3, -0.25) is 4.99 Å². The molecular formula is C20H23IN4O. The van der Waals surface area contributed by atoms with Crippen molar-refractivity contribution in [2.24, 2.45) is 4.99 Å². The molecule has 0 spiro atoms. The third kappa shape index (κ3) is 5.32. The Morgan fingerprint density at radius 3 is 2.38 bits per heavy atom. The number of rotatable bonds is 5. The summed E-state index contributed by atoms with van der Waals surface area (Å²) in [4.78, 5) is 10.9. The zero-order valence-electron chi connectivity index (χ0n) is 14.9. The molecule has 26 heavy (non-hydrogen) atoms. The average Bonchev–Trinajstić information content (AvgIpc) is 3.13. The van der Waals surface area contributed by atoms with E-state index in [-0.39, 0.29) is 24.0 Å². The lowest BCUT2D eigenvalue weighted by Crippen LogP contribution is -2.38. The topological polar surface area (TPSA) is 53.7 Å². The second-order valence-corrected chi connectivity index (χ2v) is 5.75. The summed E-state index contributed by atoms with van der Waals surface area (Å²) in [5.74, 6) is 1.44. The highest BCUT2D eigenvalue weighted by Gasteiger charge is 2.09. The highest BCUT2D eigenvalue weighted by molar-refractivity contribution is 14.0. The van der Waals surface area contributed by atoms with Crippen molar-refractivity contribution in [1.82, 2.24) is 15.2 Å². The minimum Gasteiger partial charge on any atom is -0.444 e. The summed E-state index contributed by atoms with van der Waals surface area (Å²) >= 11 is 0. The molecule has 1 N–H and O–H groups in total. The van der Waals surface area contributed by atoms with Crippen LogP contribution in [0.15, 0.2) is 76.3 Å². The largest absolute Gasteiger partial charge is 0.444 e. The SMILES string of the molecule is CN=C(NCc1coc(-c2ccccc2)n1)N(C)Cc1ccccc1.I. The molecule has 0 unspecified atom stereocenters. The number of benzene rings is 2. The molecule has 5 nitrogen and oxygen atoms in total. The predicted molar refractivity (Wildman–Crippen MR) is 115 cm³/mol. The predicted octanol–water partition coefficient (Wildman–Crippen LogP) is 4.17. The van der Waals surface area contributed by atoms with Gasteiger partial charge in [0.1, 0.15) is 6.26 Å². The van der Waals surface area contributed by atoms with Crippen LogP contribution in [0, 0.1) is 0 Å². The Morgan fingerprint density at radius 2 is 1.73 bits per heavy atom. The van der Waals surface area contributed by atoms with E-state index in [1.807, 2.05) is 55.6 Å². The van der Waals surface area contributed by atoms with E-state index in [2.05, 4.69) is 32.3 Å². The normalized spacial score (nSPS) is 10.9. The van der Waals surface area contributed by atoms with Gasteiger partial charge in [-0.05, 0) is 17.7 Å². The summed E-state index contributed by atoms with van der Waals surface area (Å²) in [5, 5.41) is 3.32. The lowest BCUT2D eigenvalue weighted by Gasteiger charge is -2.21. The van der Waals surface area contributed by atoms with Crippen molar-refractivity contribution >= 4 is 29.9 Å². The Labute approximate surface area is 171 Å². The Morgan fingerprint density at radius 1 is 1.08 bits per heavy atom. The van der Waals surface area contributed by atoms with Crippen LogP contribution in [0.25, 0.3) is 11.5 Å². The average molecular weight is 462 g/mol.